The SMILES string of the molecule is COc1cccc(CC(CCl)Cc2c(C)cccc2C)c1. The predicted octanol–water partition coefficient (Wildman–Crippen LogP) is 4.95. The predicted molar refractivity (Wildman–Crippen MR) is 90.5 cm³/mol. The molecule has 0 saturated heterocycles. The molecule has 0 fully saturated rings. The van der Waals surface area contributed by atoms with Crippen molar-refractivity contribution in [3.8, 4) is 5.75 Å². The van der Waals surface area contributed by atoms with Crippen LogP contribution in [0.15, 0.2) is 42.5 Å². The van der Waals surface area contributed by atoms with Gasteiger partial charge in [0.15, 0.2) is 0 Å². The molecule has 0 aliphatic rings. The maximum Gasteiger partial charge on any atom is 0.119 e. The number of hydrogen-bond acceptors (Lipinski definition) is 1. The van der Waals surface area contributed by atoms with E-state index in [9.17, 15) is 0 Å². The van der Waals surface area contributed by atoms with Crippen molar-refractivity contribution in [3.05, 3.63) is 64.7 Å². The van der Waals surface area contributed by atoms with Gasteiger partial charge >= 0.3 is 0 Å². The molecule has 0 amide bonds. The number of hydrogen-bond donors (Lipinski definition) is 0. The Kier molecular flexibility index (Phi) is 5.69. The molecule has 2 aromatic carbocycles. The Morgan fingerprint density at radius 1 is 1.00 bits per heavy atom. The third kappa shape index (κ3) is 4.25. The molecule has 1 unspecified atom stereocenters. The summed E-state index contributed by atoms with van der Waals surface area (Å²) in [5, 5.41) is 0. The van der Waals surface area contributed by atoms with Crippen molar-refractivity contribution in [2.45, 2.75) is 26.7 Å². The van der Waals surface area contributed by atoms with E-state index in [1.54, 1.807) is 7.11 Å². The van der Waals surface area contributed by atoms with Gasteiger partial charge in [-0.3, -0.25) is 0 Å². The molecule has 112 valence electrons. The van der Waals surface area contributed by atoms with Gasteiger partial charge in [-0.25, -0.2) is 0 Å². The van der Waals surface area contributed by atoms with Crippen molar-refractivity contribution in [2.24, 2.45) is 5.92 Å². The number of rotatable bonds is 6. The number of benzene rings is 2. The largest absolute Gasteiger partial charge is 0.497 e. The highest BCUT2D eigenvalue weighted by atomic mass is 35.5. The maximum atomic E-state index is 6.21. The van der Waals surface area contributed by atoms with Crippen LogP contribution < -0.4 is 4.74 Å². The zero-order valence-corrected chi connectivity index (χ0v) is 13.8. The summed E-state index contributed by atoms with van der Waals surface area (Å²) in [4.78, 5) is 0. The minimum atomic E-state index is 0.443. The van der Waals surface area contributed by atoms with Crippen LogP contribution in [-0.2, 0) is 12.8 Å². The zero-order chi connectivity index (χ0) is 15.2. The van der Waals surface area contributed by atoms with E-state index in [2.05, 4.69) is 44.2 Å². The lowest BCUT2D eigenvalue weighted by Crippen LogP contribution is -2.12. The molecule has 0 saturated carbocycles. The molecule has 21 heavy (non-hydrogen) atoms. The van der Waals surface area contributed by atoms with Gasteiger partial charge < -0.3 is 4.74 Å². The Balaban J connectivity index is 2.13. The van der Waals surface area contributed by atoms with E-state index in [4.69, 9.17) is 16.3 Å². The Hall–Kier alpha value is -1.47. The summed E-state index contributed by atoms with van der Waals surface area (Å²) in [5.41, 5.74) is 5.43. The first-order valence-electron chi connectivity index (χ1n) is 7.38. The third-order valence-corrected chi connectivity index (χ3v) is 4.45. The lowest BCUT2D eigenvalue weighted by atomic mass is 9.90. The van der Waals surface area contributed by atoms with Gasteiger partial charge in [-0.05, 0) is 67.0 Å². The Labute approximate surface area is 132 Å². The molecule has 0 N–H and O–H groups in total. The summed E-state index contributed by atoms with van der Waals surface area (Å²) in [6.45, 7) is 4.36. The molecule has 0 aliphatic heterocycles. The maximum absolute atomic E-state index is 6.21. The molecule has 0 heterocycles. The highest BCUT2D eigenvalue weighted by molar-refractivity contribution is 6.18. The Bertz CT molecular complexity index is 572. The topological polar surface area (TPSA) is 9.23 Å². The number of aryl methyl sites for hydroxylation is 2. The van der Waals surface area contributed by atoms with E-state index >= 15 is 0 Å². The van der Waals surface area contributed by atoms with Gasteiger partial charge in [-0.2, -0.15) is 0 Å². The molecule has 2 rings (SSSR count). The van der Waals surface area contributed by atoms with Gasteiger partial charge in [0, 0.05) is 5.88 Å². The van der Waals surface area contributed by atoms with Gasteiger partial charge in [0.2, 0.25) is 0 Å². The standard InChI is InChI=1S/C19H23ClO/c1-14-6-4-7-15(2)19(14)12-17(13-20)10-16-8-5-9-18(11-16)21-3/h4-9,11,17H,10,12-13H2,1-3H3. The fourth-order valence-corrected chi connectivity index (χ4v) is 2.99. The lowest BCUT2D eigenvalue weighted by Gasteiger charge is -2.18. The van der Waals surface area contributed by atoms with Crippen LogP contribution in [0, 0.1) is 19.8 Å². The Morgan fingerprint density at radius 2 is 1.67 bits per heavy atom. The number of alkyl halides is 1. The average Bonchev–Trinajstić information content (AvgIpc) is 2.50. The van der Waals surface area contributed by atoms with E-state index in [-0.39, 0.29) is 0 Å². The molecule has 0 radical (unpaired) electrons. The summed E-state index contributed by atoms with van der Waals surface area (Å²) in [5.74, 6) is 2.02. The monoisotopic (exact) mass is 302 g/mol. The summed E-state index contributed by atoms with van der Waals surface area (Å²) in [7, 11) is 1.70. The highest BCUT2D eigenvalue weighted by Crippen LogP contribution is 2.23. The first-order valence-corrected chi connectivity index (χ1v) is 7.91. The van der Waals surface area contributed by atoms with Crippen molar-refractivity contribution >= 4 is 11.6 Å². The lowest BCUT2D eigenvalue weighted by molar-refractivity contribution is 0.414. The molecule has 0 aromatic heterocycles. The van der Waals surface area contributed by atoms with Gasteiger partial charge in [0.25, 0.3) is 0 Å². The second kappa shape index (κ2) is 7.51. The van der Waals surface area contributed by atoms with E-state index in [1.165, 1.54) is 22.3 Å². The number of halogens is 1. The van der Waals surface area contributed by atoms with Crippen LogP contribution in [0.25, 0.3) is 0 Å². The van der Waals surface area contributed by atoms with Gasteiger partial charge in [0.1, 0.15) is 5.75 Å². The van der Waals surface area contributed by atoms with Crippen molar-refractivity contribution in [3.63, 3.8) is 0 Å². The molecule has 2 heteroatoms. The first kappa shape index (κ1) is 15.9. The van der Waals surface area contributed by atoms with Crippen molar-refractivity contribution in [1.29, 1.82) is 0 Å². The van der Waals surface area contributed by atoms with E-state index in [0.717, 1.165) is 18.6 Å². The smallest absolute Gasteiger partial charge is 0.119 e. The molecule has 2 aromatic rings. The first-order chi connectivity index (χ1) is 10.1. The second-order valence-electron chi connectivity index (χ2n) is 5.65. The van der Waals surface area contributed by atoms with Crippen LogP contribution in [0.5, 0.6) is 5.75 Å². The minimum absolute atomic E-state index is 0.443. The molecule has 0 aliphatic carbocycles. The quantitative estimate of drug-likeness (QED) is 0.686. The van der Waals surface area contributed by atoms with Crippen LogP contribution >= 0.6 is 11.6 Å². The van der Waals surface area contributed by atoms with Crippen LogP contribution in [0.1, 0.15) is 22.3 Å². The van der Waals surface area contributed by atoms with E-state index in [1.807, 2.05) is 12.1 Å². The van der Waals surface area contributed by atoms with Crippen LogP contribution in [0.2, 0.25) is 0 Å². The van der Waals surface area contributed by atoms with Gasteiger partial charge in [-0.1, -0.05) is 30.3 Å². The summed E-state index contributed by atoms with van der Waals surface area (Å²) in [6, 6.07) is 14.7. The molecule has 0 spiro atoms. The summed E-state index contributed by atoms with van der Waals surface area (Å²) in [6.07, 6.45) is 2.01. The summed E-state index contributed by atoms with van der Waals surface area (Å²) < 4.78 is 5.29. The third-order valence-electron chi connectivity index (χ3n) is 4.01. The Morgan fingerprint density at radius 3 is 2.29 bits per heavy atom. The van der Waals surface area contributed by atoms with Crippen LogP contribution in [-0.4, -0.2) is 13.0 Å². The minimum Gasteiger partial charge on any atom is -0.497 e. The van der Waals surface area contributed by atoms with Crippen molar-refractivity contribution in [2.75, 3.05) is 13.0 Å². The van der Waals surface area contributed by atoms with E-state index in [0.29, 0.717) is 11.8 Å². The van der Waals surface area contributed by atoms with E-state index < -0.39 is 0 Å². The van der Waals surface area contributed by atoms with Crippen LogP contribution in [0.4, 0.5) is 0 Å². The number of ether oxygens (including phenoxy) is 1. The van der Waals surface area contributed by atoms with Gasteiger partial charge in [-0.15, -0.1) is 11.6 Å². The fourth-order valence-electron chi connectivity index (χ4n) is 2.77. The summed E-state index contributed by atoms with van der Waals surface area (Å²) >= 11 is 6.21. The number of methoxy groups -OCH3 is 1. The fraction of sp³-hybridized carbons (Fsp3) is 0.368. The van der Waals surface area contributed by atoms with Gasteiger partial charge in [0.05, 0.1) is 7.11 Å². The normalized spacial score (nSPS) is 12.2. The highest BCUT2D eigenvalue weighted by Gasteiger charge is 2.13. The molecule has 1 atom stereocenters. The molecular formula is C19H23ClO. The second-order valence-corrected chi connectivity index (χ2v) is 5.96. The van der Waals surface area contributed by atoms with Crippen molar-refractivity contribution < 1.29 is 4.74 Å². The average molecular weight is 303 g/mol. The van der Waals surface area contributed by atoms with Crippen molar-refractivity contribution in [1.82, 2.24) is 0 Å². The zero-order valence-electron chi connectivity index (χ0n) is 13.0. The molecule has 1 nitrogen and oxygen atoms in total. The van der Waals surface area contributed by atoms with Crippen LogP contribution in [0.3, 0.4) is 0 Å². The molecule has 0 bridgehead atoms. The molecular weight excluding hydrogens is 280 g/mol.